The predicted octanol–water partition coefficient (Wildman–Crippen LogP) is 2.90. The van der Waals surface area contributed by atoms with Gasteiger partial charge in [-0.2, -0.15) is 0 Å². The van der Waals surface area contributed by atoms with Gasteiger partial charge in [-0.25, -0.2) is 9.59 Å². The quantitative estimate of drug-likeness (QED) is 0.861. The molecule has 0 spiro atoms. The van der Waals surface area contributed by atoms with E-state index in [1.807, 2.05) is 51.1 Å². The Hall–Kier alpha value is -2.56. The van der Waals surface area contributed by atoms with E-state index in [-0.39, 0.29) is 5.92 Å². The molecule has 0 unspecified atom stereocenters. The highest BCUT2D eigenvalue weighted by atomic mass is 16.5. The molecule has 0 aliphatic carbocycles. The first kappa shape index (κ1) is 17.8. The van der Waals surface area contributed by atoms with Crippen LogP contribution in [0.4, 0.5) is 0 Å². The van der Waals surface area contributed by atoms with Crippen LogP contribution in [0.25, 0.3) is 0 Å². The van der Waals surface area contributed by atoms with Crippen LogP contribution in [-0.2, 0) is 19.1 Å². The summed E-state index contributed by atoms with van der Waals surface area (Å²) in [5.41, 5.74) is 3.34. The van der Waals surface area contributed by atoms with Gasteiger partial charge in [0.05, 0.1) is 25.4 Å². The molecular weight excluding hydrogens is 306 g/mol. The summed E-state index contributed by atoms with van der Waals surface area (Å²) in [7, 11) is 2.69. The molecule has 0 radical (unpaired) electrons. The molecule has 0 bridgehead atoms. The lowest BCUT2D eigenvalue weighted by molar-refractivity contribution is -0.137. The maximum Gasteiger partial charge on any atom is 0.336 e. The van der Waals surface area contributed by atoms with E-state index in [0.717, 1.165) is 5.56 Å². The number of hydrogen-bond acceptors (Lipinski definition) is 5. The van der Waals surface area contributed by atoms with E-state index >= 15 is 0 Å². The van der Waals surface area contributed by atoms with Crippen molar-refractivity contribution in [1.29, 1.82) is 0 Å². The van der Waals surface area contributed by atoms with Gasteiger partial charge in [-0.1, -0.05) is 37.3 Å². The number of methoxy groups -OCH3 is 2. The number of dihydropyridines is 1. The lowest BCUT2D eigenvalue weighted by Gasteiger charge is -2.33. The van der Waals surface area contributed by atoms with Crippen molar-refractivity contribution in [2.45, 2.75) is 26.7 Å². The van der Waals surface area contributed by atoms with Crippen LogP contribution in [0.5, 0.6) is 0 Å². The van der Waals surface area contributed by atoms with Crippen LogP contribution in [0.2, 0.25) is 0 Å². The number of allylic oxidation sites excluding steroid dienone is 2. The van der Waals surface area contributed by atoms with Crippen molar-refractivity contribution in [2.75, 3.05) is 14.2 Å². The first-order chi connectivity index (χ1) is 11.4. The Morgan fingerprint density at radius 3 is 1.83 bits per heavy atom. The topological polar surface area (TPSA) is 64.6 Å². The average Bonchev–Trinajstić information content (AvgIpc) is 2.60. The number of carbonyl (C=O) groups is 2. The van der Waals surface area contributed by atoms with Crippen molar-refractivity contribution in [1.82, 2.24) is 5.32 Å². The largest absolute Gasteiger partial charge is 0.466 e. The molecule has 0 saturated heterocycles. The first-order valence-corrected chi connectivity index (χ1v) is 7.82. The Morgan fingerprint density at radius 1 is 0.958 bits per heavy atom. The summed E-state index contributed by atoms with van der Waals surface area (Å²) in [5.74, 6) is -1.42. The zero-order valence-corrected chi connectivity index (χ0v) is 14.7. The van der Waals surface area contributed by atoms with Crippen molar-refractivity contribution in [3.63, 3.8) is 0 Å². The van der Waals surface area contributed by atoms with Gasteiger partial charge in [0.25, 0.3) is 0 Å². The third-order valence-corrected chi connectivity index (χ3v) is 4.44. The number of benzene rings is 1. The maximum absolute atomic E-state index is 12.4. The summed E-state index contributed by atoms with van der Waals surface area (Å²) in [6.07, 6.45) is 0. The minimum Gasteiger partial charge on any atom is -0.466 e. The fourth-order valence-corrected chi connectivity index (χ4v) is 3.26. The van der Waals surface area contributed by atoms with Crippen LogP contribution in [0.1, 0.15) is 32.3 Å². The van der Waals surface area contributed by atoms with E-state index in [1.54, 1.807) is 0 Å². The van der Waals surface area contributed by atoms with Crippen molar-refractivity contribution in [3.8, 4) is 0 Å². The Labute approximate surface area is 142 Å². The Bertz CT molecular complexity index is 665. The van der Waals surface area contributed by atoms with E-state index in [1.165, 1.54) is 14.2 Å². The highest BCUT2D eigenvalue weighted by Crippen LogP contribution is 2.40. The molecule has 1 aromatic rings. The van der Waals surface area contributed by atoms with Gasteiger partial charge < -0.3 is 14.8 Å². The third kappa shape index (κ3) is 3.20. The van der Waals surface area contributed by atoms with Crippen molar-refractivity contribution in [2.24, 2.45) is 5.92 Å². The zero-order chi connectivity index (χ0) is 17.9. The number of esters is 2. The second-order valence-electron chi connectivity index (χ2n) is 5.86. The molecule has 5 heteroatoms. The number of rotatable bonds is 4. The monoisotopic (exact) mass is 329 g/mol. The van der Waals surface area contributed by atoms with E-state index in [4.69, 9.17) is 9.47 Å². The van der Waals surface area contributed by atoms with Crippen LogP contribution in [0.3, 0.4) is 0 Å². The molecule has 1 heterocycles. The molecule has 0 aromatic heterocycles. The van der Waals surface area contributed by atoms with Crippen LogP contribution < -0.4 is 5.32 Å². The van der Waals surface area contributed by atoms with Gasteiger partial charge in [0.2, 0.25) is 0 Å². The summed E-state index contributed by atoms with van der Waals surface area (Å²) in [5, 5.41) is 3.10. The van der Waals surface area contributed by atoms with Gasteiger partial charge in [0, 0.05) is 17.3 Å². The SMILES string of the molecule is COC(=O)C1=C(C)NC(C)=C(C(=O)OC)C1[C@@H](C)c1ccccc1. The summed E-state index contributed by atoms with van der Waals surface area (Å²) in [6.45, 7) is 5.63. The van der Waals surface area contributed by atoms with Crippen molar-refractivity contribution >= 4 is 11.9 Å². The zero-order valence-electron chi connectivity index (χ0n) is 14.7. The summed E-state index contributed by atoms with van der Waals surface area (Å²) >= 11 is 0. The number of carbonyl (C=O) groups excluding carboxylic acids is 2. The summed E-state index contributed by atoms with van der Waals surface area (Å²) < 4.78 is 9.92. The molecule has 1 aromatic carbocycles. The number of hydrogen-bond donors (Lipinski definition) is 1. The van der Waals surface area contributed by atoms with Crippen LogP contribution in [0, 0.1) is 5.92 Å². The molecule has 0 amide bonds. The first-order valence-electron chi connectivity index (χ1n) is 7.82. The van der Waals surface area contributed by atoms with E-state index < -0.39 is 17.9 Å². The molecule has 1 aliphatic rings. The van der Waals surface area contributed by atoms with Gasteiger partial charge in [-0.15, -0.1) is 0 Å². The Kier molecular flexibility index (Phi) is 5.44. The highest BCUT2D eigenvalue weighted by Gasteiger charge is 2.39. The third-order valence-electron chi connectivity index (χ3n) is 4.44. The molecular formula is C19H23NO4. The highest BCUT2D eigenvalue weighted by molar-refractivity contribution is 5.98. The molecule has 1 N–H and O–H groups in total. The second-order valence-corrected chi connectivity index (χ2v) is 5.86. The molecule has 2 rings (SSSR count). The molecule has 128 valence electrons. The lowest BCUT2D eigenvalue weighted by Crippen LogP contribution is -2.35. The average molecular weight is 329 g/mol. The van der Waals surface area contributed by atoms with Gasteiger partial charge in [0.15, 0.2) is 0 Å². The molecule has 0 saturated carbocycles. The summed E-state index contributed by atoms with van der Waals surface area (Å²) in [4.78, 5) is 24.8. The standard InChI is InChI=1S/C19H23NO4/c1-11(14-9-7-6-8-10-14)15-16(18(21)23-4)12(2)20-13(3)17(15)19(22)24-5/h6-11,15,20H,1-5H3/t11-/m0/s1. The van der Waals surface area contributed by atoms with E-state index in [0.29, 0.717) is 22.5 Å². The minimum absolute atomic E-state index is 0.0959. The van der Waals surface area contributed by atoms with Gasteiger partial charge in [-0.05, 0) is 25.3 Å². The van der Waals surface area contributed by atoms with Crippen LogP contribution >= 0.6 is 0 Å². The molecule has 5 nitrogen and oxygen atoms in total. The maximum atomic E-state index is 12.4. The molecule has 1 aliphatic heterocycles. The predicted molar refractivity (Wildman–Crippen MR) is 90.9 cm³/mol. The fraction of sp³-hybridized carbons (Fsp3) is 0.368. The minimum atomic E-state index is -0.443. The molecule has 24 heavy (non-hydrogen) atoms. The fourth-order valence-electron chi connectivity index (χ4n) is 3.26. The van der Waals surface area contributed by atoms with Crippen LogP contribution in [-0.4, -0.2) is 26.2 Å². The number of ether oxygens (including phenoxy) is 2. The normalized spacial score (nSPS) is 16.5. The smallest absolute Gasteiger partial charge is 0.336 e. The Balaban J connectivity index is 2.61. The van der Waals surface area contributed by atoms with Gasteiger partial charge in [0.1, 0.15) is 0 Å². The van der Waals surface area contributed by atoms with Crippen molar-refractivity contribution in [3.05, 3.63) is 58.4 Å². The van der Waals surface area contributed by atoms with E-state index in [2.05, 4.69) is 5.32 Å². The van der Waals surface area contributed by atoms with Crippen molar-refractivity contribution < 1.29 is 19.1 Å². The van der Waals surface area contributed by atoms with E-state index in [9.17, 15) is 9.59 Å². The molecule has 0 fully saturated rings. The Morgan fingerprint density at radius 2 is 1.42 bits per heavy atom. The molecule has 1 atom stereocenters. The number of nitrogens with one attached hydrogen (secondary N) is 1. The lowest BCUT2D eigenvalue weighted by atomic mass is 9.74. The second kappa shape index (κ2) is 7.34. The summed E-state index contributed by atoms with van der Waals surface area (Å²) in [6, 6.07) is 9.79. The van der Waals surface area contributed by atoms with Crippen LogP contribution in [0.15, 0.2) is 52.9 Å². The van der Waals surface area contributed by atoms with Gasteiger partial charge in [-0.3, -0.25) is 0 Å². The van der Waals surface area contributed by atoms with Gasteiger partial charge >= 0.3 is 11.9 Å².